The van der Waals surface area contributed by atoms with E-state index in [1.807, 2.05) is 24.3 Å². The van der Waals surface area contributed by atoms with E-state index in [2.05, 4.69) is 20.7 Å². The number of benzene rings is 1. The fraction of sp³-hybridized carbons (Fsp3) is 0.364. The van der Waals surface area contributed by atoms with Gasteiger partial charge in [0.2, 0.25) is 0 Å². The zero-order valence-electron chi connectivity index (χ0n) is 8.53. The summed E-state index contributed by atoms with van der Waals surface area (Å²) in [7, 11) is 1.37. The van der Waals surface area contributed by atoms with E-state index in [0.29, 0.717) is 19.6 Å². The second-order valence-electron chi connectivity index (χ2n) is 3.01. The van der Waals surface area contributed by atoms with E-state index in [0.717, 1.165) is 10.0 Å². The molecule has 0 bridgehead atoms. The van der Waals surface area contributed by atoms with Crippen molar-refractivity contribution in [1.29, 1.82) is 0 Å². The van der Waals surface area contributed by atoms with Crippen molar-refractivity contribution >= 4 is 21.9 Å². The smallest absolute Gasteiger partial charge is 0.307 e. The lowest BCUT2D eigenvalue weighted by Gasteiger charge is -2.03. The Balaban J connectivity index is 2.23. The quantitative estimate of drug-likeness (QED) is 0.611. The van der Waals surface area contributed by atoms with Gasteiger partial charge in [-0.3, -0.25) is 4.79 Å². The molecule has 0 aliphatic carbocycles. The second-order valence-corrected chi connectivity index (χ2v) is 3.92. The monoisotopic (exact) mass is 272 g/mol. The number of ether oxygens (including phenoxy) is 2. The first kappa shape index (κ1) is 12.2. The summed E-state index contributed by atoms with van der Waals surface area (Å²) in [5.41, 5.74) is 1.08. The standard InChI is InChI=1S/C11H13BrO3/c1-14-11(13)5-6-15-8-9-3-2-4-10(12)7-9/h2-4,7H,5-6,8H2,1H3. The van der Waals surface area contributed by atoms with E-state index in [1.54, 1.807) is 0 Å². The topological polar surface area (TPSA) is 35.5 Å². The van der Waals surface area contributed by atoms with Crippen LogP contribution in [0.25, 0.3) is 0 Å². The van der Waals surface area contributed by atoms with Gasteiger partial charge in [0.1, 0.15) is 0 Å². The minimum absolute atomic E-state index is 0.246. The maximum Gasteiger partial charge on any atom is 0.307 e. The summed E-state index contributed by atoms with van der Waals surface area (Å²) in [6.45, 7) is 0.898. The van der Waals surface area contributed by atoms with Crippen molar-refractivity contribution < 1.29 is 14.3 Å². The van der Waals surface area contributed by atoms with Crippen LogP contribution in [0.1, 0.15) is 12.0 Å². The minimum Gasteiger partial charge on any atom is -0.469 e. The molecule has 0 aromatic heterocycles. The van der Waals surface area contributed by atoms with Crippen LogP contribution >= 0.6 is 15.9 Å². The molecule has 1 aromatic rings. The summed E-state index contributed by atoms with van der Waals surface area (Å²) >= 11 is 3.38. The minimum atomic E-state index is -0.246. The first-order valence-electron chi connectivity index (χ1n) is 4.61. The zero-order chi connectivity index (χ0) is 11.1. The predicted octanol–water partition coefficient (Wildman–Crippen LogP) is 2.53. The molecule has 1 aromatic carbocycles. The fourth-order valence-electron chi connectivity index (χ4n) is 1.07. The van der Waals surface area contributed by atoms with Crippen LogP contribution in [0.15, 0.2) is 28.7 Å². The largest absolute Gasteiger partial charge is 0.469 e. The fourth-order valence-corrected chi connectivity index (χ4v) is 1.52. The zero-order valence-corrected chi connectivity index (χ0v) is 10.1. The van der Waals surface area contributed by atoms with Crippen LogP contribution in [-0.2, 0) is 20.9 Å². The first-order chi connectivity index (χ1) is 7.22. The van der Waals surface area contributed by atoms with E-state index in [9.17, 15) is 4.79 Å². The second kappa shape index (κ2) is 6.58. The molecule has 82 valence electrons. The van der Waals surface area contributed by atoms with Gasteiger partial charge >= 0.3 is 5.97 Å². The van der Waals surface area contributed by atoms with Gasteiger partial charge in [0, 0.05) is 4.47 Å². The average molecular weight is 273 g/mol. The summed E-state index contributed by atoms with van der Waals surface area (Å²) in [5, 5.41) is 0. The van der Waals surface area contributed by atoms with Crippen LogP contribution in [-0.4, -0.2) is 19.7 Å². The Labute approximate surface area is 97.5 Å². The van der Waals surface area contributed by atoms with Crippen LogP contribution in [0, 0.1) is 0 Å². The number of carbonyl (C=O) groups excluding carboxylic acids is 1. The average Bonchev–Trinajstić information content (AvgIpc) is 2.24. The SMILES string of the molecule is COC(=O)CCOCc1cccc(Br)c1. The molecular formula is C11H13BrO3. The molecule has 0 heterocycles. The number of methoxy groups -OCH3 is 1. The number of hydrogen-bond donors (Lipinski definition) is 0. The molecule has 0 atom stereocenters. The molecule has 0 unspecified atom stereocenters. The highest BCUT2D eigenvalue weighted by molar-refractivity contribution is 9.10. The van der Waals surface area contributed by atoms with Gasteiger partial charge in [0.05, 0.1) is 26.7 Å². The number of carbonyl (C=O) groups is 1. The van der Waals surface area contributed by atoms with Crippen molar-refractivity contribution in [3.8, 4) is 0 Å². The lowest BCUT2D eigenvalue weighted by Crippen LogP contribution is -2.05. The molecule has 0 radical (unpaired) electrons. The highest BCUT2D eigenvalue weighted by Crippen LogP contribution is 2.12. The molecule has 4 heteroatoms. The van der Waals surface area contributed by atoms with E-state index in [4.69, 9.17) is 4.74 Å². The van der Waals surface area contributed by atoms with Crippen molar-refractivity contribution in [3.63, 3.8) is 0 Å². The van der Waals surface area contributed by atoms with Crippen molar-refractivity contribution in [2.24, 2.45) is 0 Å². The van der Waals surface area contributed by atoms with E-state index >= 15 is 0 Å². The molecule has 1 rings (SSSR count). The Morgan fingerprint density at radius 3 is 2.93 bits per heavy atom. The van der Waals surface area contributed by atoms with Gasteiger partial charge in [-0.25, -0.2) is 0 Å². The van der Waals surface area contributed by atoms with Gasteiger partial charge in [-0.15, -0.1) is 0 Å². The third-order valence-corrected chi connectivity index (χ3v) is 2.33. The maximum absolute atomic E-state index is 10.8. The highest BCUT2D eigenvalue weighted by Gasteiger charge is 1.99. The third kappa shape index (κ3) is 4.95. The van der Waals surface area contributed by atoms with Crippen LogP contribution in [0.4, 0.5) is 0 Å². The summed E-state index contributed by atoms with van der Waals surface area (Å²) in [6.07, 6.45) is 0.296. The van der Waals surface area contributed by atoms with Crippen molar-refractivity contribution in [1.82, 2.24) is 0 Å². The van der Waals surface area contributed by atoms with Crippen LogP contribution in [0.5, 0.6) is 0 Å². The van der Waals surface area contributed by atoms with Gasteiger partial charge in [0.15, 0.2) is 0 Å². The summed E-state index contributed by atoms with van der Waals surface area (Å²) in [4.78, 5) is 10.8. The maximum atomic E-state index is 10.8. The van der Waals surface area contributed by atoms with Crippen LogP contribution in [0.2, 0.25) is 0 Å². The summed E-state index contributed by atoms with van der Waals surface area (Å²) in [6, 6.07) is 7.86. The summed E-state index contributed by atoms with van der Waals surface area (Å²) < 4.78 is 10.8. The molecule has 0 spiro atoms. The molecule has 3 nitrogen and oxygen atoms in total. The normalized spacial score (nSPS) is 10.0. The lowest BCUT2D eigenvalue weighted by molar-refractivity contribution is -0.141. The predicted molar refractivity (Wildman–Crippen MR) is 60.4 cm³/mol. The number of halogens is 1. The molecule has 0 N–H and O–H groups in total. The van der Waals surface area contributed by atoms with Crippen LogP contribution < -0.4 is 0 Å². The molecule has 0 saturated heterocycles. The number of rotatable bonds is 5. The van der Waals surface area contributed by atoms with Gasteiger partial charge in [-0.05, 0) is 17.7 Å². The van der Waals surface area contributed by atoms with Crippen molar-refractivity contribution in [3.05, 3.63) is 34.3 Å². The van der Waals surface area contributed by atoms with Gasteiger partial charge in [0.25, 0.3) is 0 Å². The van der Waals surface area contributed by atoms with E-state index in [-0.39, 0.29) is 5.97 Å². The molecule has 0 aliphatic heterocycles. The molecule has 0 saturated carbocycles. The van der Waals surface area contributed by atoms with E-state index < -0.39 is 0 Å². The van der Waals surface area contributed by atoms with Crippen molar-refractivity contribution in [2.75, 3.05) is 13.7 Å². The Kier molecular flexibility index (Phi) is 5.36. The van der Waals surface area contributed by atoms with Crippen LogP contribution in [0.3, 0.4) is 0 Å². The Bertz CT molecular complexity index is 325. The molecule has 0 amide bonds. The molecule has 0 aliphatic rings. The van der Waals surface area contributed by atoms with Gasteiger partial charge in [-0.2, -0.15) is 0 Å². The number of esters is 1. The molecule has 0 fully saturated rings. The Hall–Kier alpha value is -0.870. The van der Waals surface area contributed by atoms with E-state index in [1.165, 1.54) is 7.11 Å². The lowest BCUT2D eigenvalue weighted by atomic mass is 10.2. The Morgan fingerprint density at radius 1 is 1.47 bits per heavy atom. The molecule has 15 heavy (non-hydrogen) atoms. The Morgan fingerprint density at radius 2 is 2.27 bits per heavy atom. The molecular weight excluding hydrogens is 260 g/mol. The number of hydrogen-bond acceptors (Lipinski definition) is 3. The summed E-state index contributed by atoms with van der Waals surface area (Å²) in [5.74, 6) is -0.246. The third-order valence-electron chi connectivity index (χ3n) is 1.84. The van der Waals surface area contributed by atoms with Gasteiger partial charge < -0.3 is 9.47 Å². The first-order valence-corrected chi connectivity index (χ1v) is 5.40. The highest BCUT2D eigenvalue weighted by atomic mass is 79.9. The van der Waals surface area contributed by atoms with Crippen molar-refractivity contribution in [2.45, 2.75) is 13.0 Å². The van der Waals surface area contributed by atoms with Gasteiger partial charge in [-0.1, -0.05) is 28.1 Å².